The molecular weight excluding hydrogens is 389 g/mol. The number of alkyl halides is 3. The molecular formula is C19H23F3N4OS. The molecule has 0 saturated heterocycles. The number of likely N-dealkylation sites (N-methyl/N-ethyl adjacent to an activating group) is 1. The Hall–Kier alpha value is -2.26. The number of anilines is 1. The topological polar surface area (TPSA) is 75.3 Å². The summed E-state index contributed by atoms with van der Waals surface area (Å²) in [4.78, 5) is 11.4. The minimum Gasteiger partial charge on any atom is -0.401 e. The minimum atomic E-state index is -4.35. The van der Waals surface area contributed by atoms with Gasteiger partial charge in [0.05, 0.1) is 22.8 Å². The number of benzene rings is 1. The molecule has 152 valence electrons. The molecule has 0 fully saturated rings. The molecule has 2 rings (SSSR count). The van der Waals surface area contributed by atoms with Crippen LogP contribution in [-0.4, -0.2) is 34.8 Å². The normalized spacial score (nSPS) is 12.6. The van der Waals surface area contributed by atoms with Gasteiger partial charge in [-0.1, -0.05) is 12.1 Å². The highest BCUT2D eigenvalue weighted by atomic mass is 32.2. The number of halogens is 3. The quantitative estimate of drug-likeness (QED) is 0.685. The number of hydrogen-bond donors (Lipinski definition) is 2. The Labute approximate surface area is 166 Å². The summed E-state index contributed by atoms with van der Waals surface area (Å²) in [5.41, 5.74) is 7.31. The van der Waals surface area contributed by atoms with Crippen LogP contribution in [0.3, 0.4) is 0 Å². The van der Waals surface area contributed by atoms with E-state index in [0.29, 0.717) is 36.2 Å². The number of nitrogens with two attached hydrogens (primary N) is 1. The first-order chi connectivity index (χ1) is 13.3. The third-order valence-corrected chi connectivity index (χ3v) is 5.23. The lowest BCUT2D eigenvalue weighted by Gasteiger charge is -2.20. The van der Waals surface area contributed by atoms with Crippen LogP contribution < -0.4 is 10.6 Å². The van der Waals surface area contributed by atoms with Gasteiger partial charge in [0.1, 0.15) is 0 Å². The van der Waals surface area contributed by atoms with Crippen molar-refractivity contribution >= 4 is 22.6 Å². The first-order valence-corrected chi connectivity index (χ1v) is 9.69. The Bertz CT molecular complexity index is 806. The predicted octanol–water partition coefficient (Wildman–Crippen LogP) is 3.89. The van der Waals surface area contributed by atoms with Gasteiger partial charge in [0, 0.05) is 30.7 Å². The van der Waals surface area contributed by atoms with Crippen molar-refractivity contribution in [2.24, 2.45) is 5.73 Å². The maximum atomic E-state index is 12.7. The number of nitrogens with zero attached hydrogens (tertiary/aromatic N) is 3. The van der Waals surface area contributed by atoms with Gasteiger partial charge in [-0.05, 0) is 37.6 Å². The van der Waals surface area contributed by atoms with Crippen LogP contribution in [0.15, 0.2) is 42.2 Å². The number of allylic oxidation sites excluding steroid dienone is 1. The fourth-order valence-electron chi connectivity index (χ4n) is 2.48. The second-order valence-corrected chi connectivity index (χ2v) is 7.03. The van der Waals surface area contributed by atoms with Crippen molar-refractivity contribution in [3.8, 4) is 0 Å². The zero-order valence-electron chi connectivity index (χ0n) is 15.7. The predicted molar refractivity (Wildman–Crippen MR) is 107 cm³/mol. The fraction of sp³-hybridized carbons (Fsp3) is 0.368. The molecule has 1 aromatic carbocycles. The highest BCUT2D eigenvalue weighted by molar-refractivity contribution is 8.07. The SMILES string of the molecule is CCN(CCO)c1nccc(/C(SCc2ccc(C(F)(F)F)cc2)=C(\C)N)n1. The molecule has 0 unspecified atom stereocenters. The molecule has 5 nitrogen and oxygen atoms in total. The van der Waals surface area contributed by atoms with Crippen LogP contribution in [0.5, 0.6) is 0 Å². The molecule has 0 aliphatic rings. The highest BCUT2D eigenvalue weighted by Gasteiger charge is 2.29. The van der Waals surface area contributed by atoms with Crippen molar-refractivity contribution in [3.05, 3.63) is 59.0 Å². The molecule has 0 amide bonds. The number of hydrogen-bond acceptors (Lipinski definition) is 6. The van der Waals surface area contributed by atoms with Gasteiger partial charge in [0.15, 0.2) is 0 Å². The summed E-state index contributed by atoms with van der Waals surface area (Å²) in [5.74, 6) is 0.943. The van der Waals surface area contributed by atoms with Crippen LogP contribution in [0, 0.1) is 0 Å². The average Bonchev–Trinajstić information content (AvgIpc) is 2.66. The molecule has 2 aromatic rings. The first-order valence-electron chi connectivity index (χ1n) is 8.70. The third kappa shape index (κ3) is 5.87. The molecule has 0 spiro atoms. The minimum absolute atomic E-state index is 0.0112. The van der Waals surface area contributed by atoms with Gasteiger partial charge < -0.3 is 15.7 Å². The number of thioether (sulfide) groups is 1. The maximum Gasteiger partial charge on any atom is 0.416 e. The second-order valence-electron chi connectivity index (χ2n) is 6.04. The molecule has 0 atom stereocenters. The van der Waals surface area contributed by atoms with Gasteiger partial charge in [-0.3, -0.25) is 0 Å². The Morgan fingerprint density at radius 3 is 2.43 bits per heavy atom. The molecule has 0 saturated carbocycles. The van der Waals surface area contributed by atoms with E-state index in [1.165, 1.54) is 23.9 Å². The summed E-state index contributed by atoms with van der Waals surface area (Å²) in [6, 6.07) is 6.81. The van der Waals surface area contributed by atoms with Crippen LogP contribution in [0.2, 0.25) is 0 Å². The van der Waals surface area contributed by atoms with Crippen molar-refractivity contribution in [2.75, 3.05) is 24.6 Å². The number of aliphatic hydroxyl groups is 1. The van der Waals surface area contributed by atoms with E-state index in [2.05, 4.69) is 9.97 Å². The lowest BCUT2D eigenvalue weighted by molar-refractivity contribution is -0.137. The van der Waals surface area contributed by atoms with Gasteiger partial charge in [0.2, 0.25) is 5.95 Å². The van der Waals surface area contributed by atoms with Crippen LogP contribution in [0.25, 0.3) is 4.91 Å². The van der Waals surface area contributed by atoms with Crippen molar-refractivity contribution in [1.82, 2.24) is 9.97 Å². The molecule has 1 heterocycles. The Morgan fingerprint density at radius 1 is 1.21 bits per heavy atom. The lowest BCUT2D eigenvalue weighted by Crippen LogP contribution is -2.28. The first kappa shape index (κ1) is 22.0. The van der Waals surface area contributed by atoms with Gasteiger partial charge in [0.25, 0.3) is 0 Å². The van der Waals surface area contributed by atoms with Gasteiger partial charge in [-0.25, -0.2) is 9.97 Å². The van der Waals surface area contributed by atoms with E-state index in [-0.39, 0.29) is 6.61 Å². The molecule has 9 heteroatoms. The van der Waals surface area contributed by atoms with Crippen LogP contribution in [0.4, 0.5) is 19.1 Å². The van der Waals surface area contributed by atoms with E-state index in [1.54, 1.807) is 19.2 Å². The lowest BCUT2D eigenvalue weighted by atomic mass is 10.1. The van der Waals surface area contributed by atoms with Crippen molar-refractivity contribution in [1.29, 1.82) is 0 Å². The molecule has 0 radical (unpaired) electrons. The maximum absolute atomic E-state index is 12.7. The van der Waals surface area contributed by atoms with Gasteiger partial charge in [-0.15, -0.1) is 11.8 Å². The summed E-state index contributed by atoms with van der Waals surface area (Å²) in [6.07, 6.45) is -2.72. The fourth-order valence-corrected chi connectivity index (χ4v) is 3.48. The molecule has 3 N–H and O–H groups in total. The monoisotopic (exact) mass is 412 g/mol. The van der Waals surface area contributed by atoms with Gasteiger partial charge >= 0.3 is 6.18 Å². The second kappa shape index (κ2) is 9.79. The van der Waals surface area contributed by atoms with E-state index in [9.17, 15) is 18.3 Å². The summed E-state index contributed by atoms with van der Waals surface area (Å²) in [7, 11) is 0. The zero-order valence-corrected chi connectivity index (χ0v) is 16.5. The van der Waals surface area contributed by atoms with E-state index < -0.39 is 11.7 Å². The van der Waals surface area contributed by atoms with Crippen LogP contribution in [-0.2, 0) is 11.9 Å². The highest BCUT2D eigenvalue weighted by Crippen LogP contribution is 2.33. The van der Waals surface area contributed by atoms with Gasteiger partial charge in [-0.2, -0.15) is 13.2 Å². The number of aromatic nitrogens is 2. The van der Waals surface area contributed by atoms with Crippen molar-refractivity contribution < 1.29 is 18.3 Å². The van der Waals surface area contributed by atoms with Crippen LogP contribution in [0.1, 0.15) is 30.7 Å². The van der Waals surface area contributed by atoms with E-state index in [4.69, 9.17) is 5.73 Å². The van der Waals surface area contributed by atoms with E-state index in [0.717, 1.165) is 22.6 Å². The zero-order chi connectivity index (χ0) is 20.7. The smallest absolute Gasteiger partial charge is 0.401 e. The van der Waals surface area contributed by atoms with Crippen molar-refractivity contribution in [2.45, 2.75) is 25.8 Å². The number of rotatable bonds is 8. The summed E-state index contributed by atoms with van der Waals surface area (Å²) in [6.45, 7) is 4.74. The summed E-state index contributed by atoms with van der Waals surface area (Å²) < 4.78 is 38.1. The average molecular weight is 412 g/mol. The molecule has 0 aliphatic carbocycles. The van der Waals surface area contributed by atoms with E-state index >= 15 is 0 Å². The Morgan fingerprint density at radius 2 is 1.89 bits per heavy atom. The standard InChI is InChI=1S/C19H23F3N4OS/c1-3-26(10-11-27)18-24-9-8-16(25-18)17(13(2)23)28-12-14-4-6-15(7-5-14)19(20,21)22/h4-9,27H,3,10-12,23H2,1-2H3/b17-13-. The summed E-state index contributed by atoms with van der Waals surface area (Å²) in [5, 5.41) is 9.17. The largest absolute Gasteiger partial charge is 0.416 e. The molecule has 0 bridgehead atoms. The van der Waals surface area contributed by atoms with Crippen LogP contribution >= 0.6 is 11.8 Å². The number of aliphatic hydroxyl groups excluding tert-OH is 1. The third-order valence-electron chi connectivity index (χ3n) is 3.93. The Balaban J connectivity index is 2.18. The Kier molecular flexibility index (Phi) is 7.70. The summed E-state index contributed by atoms with van der Waals surface area (Å²) >= 11 is 1.41. The molecule has 1 aromatic heterocycles. The van der Waals surface area contributed by atoms with E-state index in [1.807, 2.05) is 11.8 Å². The van der Waals surface area contributed by atoms with Crippen molar-refractivity contribution in [3.63, 3.8) is 0 Å². The molecule has 28 heavy (non-hydrogen) atoms. The molecule has 0 aliphatic heterocycles.